The number of allylic oxidation sites excluding steroid dienone is 3. The highest BCUT2D eigenvalue weighted by Crippen LogP contribution is 2.48. The van der Waals surface area contributed by atoms with Crippen molar-refractivity contribution in [2.75, 3.05) is 6.61 Å². The van der Waals surface area contributed by atoms with Gasteiger partial charge in [0.25, 0.3) is 0 Å². The second kappa shape index (κ2) is 4.86. The summed E-state index contributed by atoms with van der Waals surface area (Å²) in [7, 11) is 0. The predicted octanol–water partition coefficient (Wildman–Crippen LogP) is 4.51. The average Bonchev–Trinajstić information content (AvgIpc) is 2.72. The van der Waals surface area contributed by atoms with E-state index in [4.69, 9.17) is 16.3 Å². The number of carbonyl (C=O) groups is 1. The van der Waals surface area contributed by atoms with Crippen LogP contribution in [0.4, 0.5) is 4.79 Å². The lowest BCUT2D eigenvalue weighted by molar-refractivity contribution is 0.168. The van der Waals surface area contributed by atoms with Gasteiger partial charge in [0.15, 0.2) is 0 Å². The molecular weight excluding hydrogens is 260 g/mol. The van der Waals surface area contributed by atoms with Crippen molar-refractivity contribution in [3.8, 4) is 0 Å². The molecule has 3 heteroatoms. The van der Waals surface area contributed by atoms with E-state index in [2.05, 4.69) is 31.2 Å². The first-order valence-electron chi connectivity index (χ1n) is 6.50. The molecule has 0 bridgehead atoms. The molecule has 0 saturated carbocycles. The molecule has 2 unspecified atom stereocenters. The van der Waals surface area contributed by atoms with Gasteiger partial charge in [0.05, 0.1) is 0 Å². The molecule has 19 heavy (non-hydrogen) atoms. The van der Waals surface area contributed by atoms with Gasteiger partial charge >= 0.3 is 5.43 Å². The van der Waals surface area contributed by atoms with Crippen molar-refractivity contribution in [3.05, 3.63) is 53.1 Å². The van der Waals surface area contributed by atoms with Crippen LogP contribution in [0.25, 0.3) is 5.57 Å². The molecular formula is C16H15ClO2. The Balaban J connectivity index is 2.03. The van der Waals surface area contributed by atoms with Gasteiger partial charge in [0.1, 0.15) is 6.61 Å². The first kappa shape index (κ1) is 12.5. The minimum atomic E-state index is -0.731. The van der Waals surface area contributed by atoms with Crippen LogP contribution in [0, 0.1) is 5.92 Å². The molecule has 98 valence electrons. The molecule has 0 radical (unpaired) electrons. The molecule has 2 aliphatic rings. The van der Waals surface area contributed by atoms with Gasteiger partial charge in [0.2, 0.25) is 0 Å². The van der Waals surface area contributed by atoms with Gasteiger partial charge in [0, 0.05) is 17.5 Å². The van der Waals surface area contributed by atoms with Crippen molar-refractivity contribution < 1.29 is 9.53 Å². The van der Waals surface area contributed by atoms with Crippen molar-refractivity contribution >= 4 is 22.6 Å². The Hall–Kier alpha value is -1.54. The molecule has 0 fully saturated rings. The molecule has 0 amide bonds. The van der Waals surface area contributed by atoms with Crippen LogP contribution in [0.5, 0.6) is 0 Å². The SMILES string of the molecule is CC1CC=CC2=C1C(COC(=O)Cl)c1ccccc12. The molecule has 1 aromatic carbocycles. The van der Waals surface area contributed by atoms with Crippen LogP contribution in [0.1, 0.15) is 30.4 Å². The van der Waals surface area contributed by atoms with Crippen LogP contribution >= 0.6 is 11.6 Å². The fourth-order valence-corrected chi connectivity index (χ4v) is 3.26. The average molecular weight is 275 g/mol. The van der Waals surface area contributed by atoms with Crippen LogP contribution in [0.2, 0.25) is 0 Å². The summed E-state index contributed by atoms with van der Waals surface area (Å²) in [5.74, 6) is 0.625. The van der Waals surface area contributed by atoms with E-state index in [1.54, 1.807) is 0 Å². The zero-order valence-electron chi connectivity index (χ0n) is 10.7. The van der Waals surface area contributed by atoms with Gasteiger partial charge in [-0.15, -0.1) is 0 Å². The first-order valence-corrected chi connectivity index (χ1v) is 6.88. The minimum absolute atomic E-state index is 0.147. The standard InChI is InChI=1S/C16H15ClO2/c1-10-5-4-8-13-11-6-2-3-7-12(11)14(15(10)13)9-19-16(17)18/h2-4,6-8,10,14H,5,9H2,1H3. The molecule has 2 nitrogen and oxygen atoms in total. The summed E-state index contributed by atoms with van der Waals surface area (Å²) in [6, 6.07) is 8.32. The topological polar surface area (TPSA) is 26.3 Å². The van der Waals surface area contributed by atoms with Gasteiger partial charge in [-0.25, -0.2) is 4.79 Å². The number of fused-ring (bicyclic) bond motifs is 2. The van der Waals surface area contributed by atoms with Crippen molar-refractivity contribution in [2.45, 2.75) is 19.3 Å². The van der Waals surface area contributed by atoms with E-state index in [0.29, 0.717) is 12.5 Å². The quantitative estimate of drug-likeness (QED) is 0.742. The van der Waals surface area contributed by atoms with E-state index >= 15 is 0 Å². The third-order valence-electron chi connectivity index (χ3n) is 3.98. The smallest absolute Gasteiger partial charge is 0.403 e. The number of hydrogen-bond acceptors (Lipinski definition) is 2. The van der Waals surface area contributed by atoms with Gasteiger partial charge in [-0.2, -0.15) is 0 Å². The molecule has 0 N–H and O–H groups in total. The third kappa shape index (κ3) is 2.10. The Kier molecular flexibility index (Phi) is 3.19. The van der Waals surface area contributed by atoms with E-state index in [9.17, 15) is 4.79 Å². The van der Waals surface area contributed by atoms with Gasteiger partial charge in [-0.1, -0.05) is 43.3 Å². The molecule has 3 rings (SSSR count). The predicted molar refractivity (Wildman–Crippen MR) is 76.2 cm³/mol. The Labute approximate surface area is 117 Å². The highest BCUT2D eigenvalue weighted by Gasteiger charge is 2.34. The maximum absolute atomic E-state index is 10.9. The lowest BCUT2D eigenvalue weighted by Gasteiger charge is -2.23. The number of benzene rings is 1. The van der Waals surface area contributed by atoms with Crippen LogP contribution in [-0.4, -0.2) is 12.0 Å². The van der Waals surface area contributed by atoms with Crippen LogP contribution in [0.15, 0.2) is 42.0 Å². The summed E-state index contributed by atoms with van der Waals surface area (Å²) in [6.45, 7) is 2.55. The monoisotopic (exact) mass is 274 g/mol. The Morgan fingerprint density at radius 1 is 1.42 bits per heavy atom. The zero-order chi connectivity index (χ0) is 13.4. The maximum Gasteiger partial charge on any atom is 0.403 e. The summed E-state index contributed by atoms with van der Waals surface area (Å²) < 4.78 is 5.05. The molecule has 2 atom stereocenters. The zero-order valence-corrected chi connectivity index (χ0v) is 11.5. The summed E-state index contributed by atoms with van der Waals surface area (Å²) in [4.78, 5) is 10.9. The van der Waals surface area contributed by atoms with Crippen LogP contribution in [-0.2, 0) is 4.74 Å². The minimum Gasteiger partial charge on any atom is -0.453 e. The molecule has 1 aromatic rings. The molecule has 2 aliphatic carbocycles. The number of halogens is 1. The largest absolute Gasteiger partial charge is 0.453 e. The Morgan fingerprint density at radius 3 is 3.00 bits per heavy atom. The van der Waals surface area contributed by atoms with Crippen molar-refractivity contribution in [2.24, 2.45) is 5.92 Å². The lowest BCUT2D eigenvalue weighted by Crippen LogP contribution is -2.14. The fourth-order valence-electron chi connectivity index (χ4n) is 3.20. The summed E-state index contributed by atoms with van der Waals surface area (Å²) in [5, 5.41) is 0. The van der Waals surface area contributed by atoms with E-state index in [1.165, 1.54) is 22.3 Å². The second-order valence-electron chi connectivity index (χ2n) is 5.10. The maximum atomic E-state index is 10.9. The summed E-state index contributed by atoms with van der Waals surface area (Å²) >= 11 is 5.30. The normalized spacial score (nSPS) is 24.1. The third-order valence-corrected chi connectivity index (χ3v) is 4.09. The summed E-state index contributed by atoms with van der Waals surface area (Å²) in [6.07, 6.45) is 5.45. The van der Waals surface area contributed by atoms with Gasteiger partial charge in [-0.05, 0) is 34.6 Å². The van der Waals surface area contributed by atoms with E-state index < -0.39 is 5.43 Å². The molecule has 0 aromatic heterocycles. The van der Waals surface area contributed by atoms with E-state index in [1.807, 2.05) is 12.1 Å². The summed E-state index contributed by atoms with van der Waals surface area (Å²) in [5.41, 5.74) is 4.44. The number of rotatable bonds is 2. The van der Waals surface area contributed by atoms with E-state index in [-0.39, 0.29) is 5.92 Å². The second-order valence-corrected chi connectivity index (χ2v) is 5.41. The van der Waals surface area contributed by atoms with Crippen LogP contribution in [0.3, 0.4) is 0 Å². The number of ether oxygens (including phenoxy) is 1. The highest BCUT2D eigenvalue weighted by atomic mass is 35.5. The van der Waals surface area contributed by atoms with E-state index in [0.717, 1.165) is 6.42 Å². The number of hydrogen-bond donors (Lipinski definition) is 0. The Bertz CT molecular complexity index is 586. The van der Waals surface area contributed by atoms with Crippen LogP contribution < -0.4 is 0 Å². The van der Waals surface area contributed by atoms with Crippen molar-refractivity contribution in [1.29, 1.82) is 0 Å². The Morgan fingerprint density at radius 2 is 2.21 bits per heavy atom. The lowest BCUT2D eigenvalue weighted by atomic mass is 9.83. The van der Waals surface area contributed by atoms with Crippen molar-refractivity contribution in [3.63, 3.8) is 0 Å². The fraction of sp³-hybridized carbons (Fsp3) is 0.312. The highest BCUT2D eigenvalue weighted by molar-refractivity contribution is 6.61. The van der Waals surface area contributed by atoms with Gasteiger partial charge < -0.3 is 4.74 Å². The van der Waals surface area contributed by atoms with Crippen molar-refractivity contribution in [1.82, 2.24) is 0 Å². The molecule has 0 spiro atoms. The van der Waals surface area contributed by atoms with Gasteiger partial charge in [-0.3, -0.25) is 0 Å². The molecule has 0 saturated heterocycles. The number of carbonyl (C=O) groups excluding carboxylic acids is 1. The molecule has 0 heterocycles. The molecule has 0 aliphatic heterocycles. The first-order chi connectivity index (χ1) is 9.18.